The normalized spacial score (nSPS) is 11.8. The molecule has 3 rings (SSSR count). The first-order chi connectivity index (χ1) is 10.4. The third-order valence-electron chi connectivity index (χ3n) is 2.76. The summed E-state index contributed by atoms with van der Waals surface area (Å²) >= 11 is 0. The van der Waals surface area contributed by atoms with Gasteiger partial charge in [0.1, 0.15) is 11.4 Å². The summed E-state index contributed by atoms with van der Waals surface area (Å²) in [6, 6.07) is 5.50. The van der Waals surface area contributed by atoms with Crippen molar-refractivity contribution in [3.63, 3.8) is 0 Å². The molecule has 3 aromatic rings. The summed E-state index contributed by atoms with van der Waals surface area (Å²) in [7, 11) is 0. The highest BCUT2D eigenvalue weighted by Gasteiger charge is 2.32. The van der Waals surface area contributed by atoms with Gasteiger partial charge < -0.3 is 4.74 Å². The van der Waals surface area contributed by atoms with Crippen LogP contribution in [0.5, 0.6) is 5.75 Å². The molecule has 0 saturated carbocycles. The first-order valence-electron chi connectivity index (χ1n) is 5.97. The SMILES string of the molecule is O=c1[nH]c2nonc2nc1Cc1ccccc1OC(F)(F)F. The van der Waals surface area contributed by atoms with E-state index >= 15 is 0 Å². The number of hydrogen-bond donors (Lipinski definition) is 1. The van der Waals surface area contributed by atoms with E-state index in [0.29, 0.717) is 0 Å². The van der Waals surface area contributed by atoms with Crippen LogP contribution in [0.2, 0.25) is 0 Å². The number of rotatable bonds is 3. The van der Waals surface area contributed by atoms with Gasteiger partial charge in [0.05, 0.1) is 0 Å². The fourth-order valence-corrected chi connectivity index (χ4v) is 1.87. The van der Waals surface area contributed by atoms with Crippen LogP contribution in [0.1, 0.15) is 11.3 Å². The molecule has 0 atom stereocenters. The zero-order chi connectivity index (χ0) is 15.7. The molecule has 0 radical (unpaired) electrons. The molecule has 0 saturated heterocycles. The van der Waals surface area contributed by atoms with E-state index in [2.05, 4.69) is 29.6 Å². The lowest BCUT2D eigenvalue weighted by Crippen LogP contribution is -2.19. The van der Waals surface area contributed by atoms with E-state index in [0.717, 1.165) is 6.07 Å². The van der Waals surface area contributed by atoms with Gasteiger partial charge >= 0.3 is 6.36 Å². The van der Waals surface area contributed by atoms with Gasteiger partial charge in [0.15, 0.2) is 0 Å². The van der Waals surface area contributed by atoms with Crippen LogP contribution in [-0.4, -0.2) is 26.6 Å². The third kappa shape index (κ3) is 2.90. The number of nitrogens with zero attached hydrogens (tertiary/aromatic N) is 3. The summed E-state index contributed by atoms with van der Waals surface area (Å²) < 4.78 is 45.4. The number of hydrogen-bond acceptors (Lipinski definition) is 6. The van der Waals surface area contributed by atoms with Crippen molar-refractivity contribution in [3.05, 3.63) is 45.9 Å². The second kappa shape index (κ2) is 5.13. The Hall–Kier alpha value is -2.91. The minimum atomic E-state index is -4.82. The van der Waals surface area contributed by atoms with Gasteiger partial charge in [-0.15, -0.1) is 13.2 Å². The van der Waals surface area contributed by atoms with Crippen LogP contribution in [0.25, 0.3) is 11.3 Å². The number of benzene rings is 1. The predicted molar refractivity (Wildman–Crippen MR) is 66.2 cm³/mol. The lowest BCUT2D eigenvalue weighted by atomic mass is 10.1. The molecule has 114 valence electrons. The van der Waals surface area contributed by atoms with Crippen molar-refractivity contribution in [1.82, 2.24) is 20.3 Å². The number of fused-ring (bicyclic) bond motifs is 1. The molecule has 0 fully saturated rings. The van der Waals surface area contributed by atoms with Crippen LogP contribution in [0, 0.1) is 0 Å². The minimum Gasteiger partial charge on any atom is -0.405 e. The standard InChI is InChI=1S/C12H7F3N4O3/c13-12(14,15)21-8-4-2-1-3-6(8)5-7-11(20)17-10-9(16-7)18-22-19-10/h1-4H,5H2,(H,17,19,20). The maximum atomic E-state index is 12.4. The number of H-pyrrole nitrogens is 1. The molecule has 2 heterocycles. The van der Waals surface area contributed by atoms with Crippen LogP contribution in [0.15, 0.2) is 33.7 Å². The molecule has 1 N–H and O–H groups in total. The Labute approximate surface area is 119 Å². The van der Waals surface area contributed by atoms with E-state index in [-0.39, 0.29) is 29.0 Å². The zero-order valence-corrected chi connectivity index (χ0v) is 10.7. The Morgan fingerprint density at radius 2 is 2.00 bits per heavy atom. The first kappa shape index (κ1) is 14.0. The molecule has 2 aromatic heterocycles. The van der Waals surface area contributed by atoms with Gasteiger partial charge in [0.25, 0.3) is 5.56 Å². The van der Waals surface area contributed by atoms with Crippen molar-refractivity contribution in [2.45, 2.75) is 12.8 Å². The monoisotopic (exact) mass is 312 g/mol. The van der Waals surface area contributed by atoms with Gasteiger partial charge in [0.2, 0.25) is 11.3 Å². The summed E-state index contributed by atoms with van der Waals surface area (Å²) in [5.74, 6) is -0.394. The predicted octanol–water partition coefficient (Wildman–Crippen LogP) is 1.80. The van der Waals surface area contributed by atoms with Gasteiger partial charge in [-0.3, -0.25) is 9.78 Å². The topological polar surface area (TPSA) is 93.9 Å². The van der Waals surface area contributed by atoms with Crippen LogP contribution < -0.4 is 10.3 Å². The number of aromatic amines is 1. The van der Waals surface area contributed by atoms with E-state index in [4.69, 9.17) is 0 Å². The molecular formula is C12H7F3N4O3. The molecule has 0 amide bonds. The van der Waals surface area contributed by atoms with E-state index < -0.39 is 17.7 Å². The Morgan fingerprint density at radius 3 is 2.77 bits per heavy atom. The molecule has 0 aliphatic carbocycles. The number of nitrogens with one attached hydrogen (secondary N) is 1. The average molecular weight is 312 g/mol. The highest BCUT2D eigenvalue weighted by atomic mass is 19.4. The van der Waals surface area contributed by atoms with Gasteiger partial charge in [-0.2, -0.15) is 0 Å². The first-order valence-corrected chi connectivity index (χ1v) is 5.97. The van der Waals surface area contributed by atoms with Crippen molar-refractivity contribution in [2.75, 3.05) is 0 Å². The summed E-state index contributed by atoms with van der Waals surface area (Å²) in [5.41, 5.74) is -0.336. The zero-order valence-electron chi connectivity index (χ0n) is 10.7. The second-order valence-corrected chi connectivity index (χ2v) is 4.28. The van der Waals surface area contributed by atoms with E-state index in [1.165, 1.54) is 18.2 Å². The smallest absolute Gasteiger partial charge is 0.405 e. The summed E-state index contributed by atoms with van der Waals surface area (Å²) in [5, 5.41) is 6.88. The van der Waals surface area contributed by atoms with Crippen molar-refractivity contribution in [3.8, 4) is 5.75 Å². The largest absolute Gasteiger partial charge is 0.573 e. The second-order valence-electron chi connectivity index (χ2n) is 4.28. The van der Waals surface area contributed by atoms with Crippen molar-refractivity contribution in [2.24, 2.45) is 0 Å². The molecular weight excluding hydrogens is 305 g/mol. The van der Waals surface area contributed by atoms with E-state index in [9.17, 15) is 18.0 Å². The minimum absolute atomic E-state index is 0.0265. The molecule has 0 aliphatic rings. The molecule has 0 spiro atoms. The number of halogens is 3. The Morgan fingerprint density at radius 1 is 1.23 bits per heavy atom. The maximum Gasteiger partial charge on any atom is 0.573 e. The molecule has 0 aliphatic heterocycles. The van der Waals surface area contributed by atoms with Crippen molar-refractivity contribution < 1.29 is 22.5 Å². The van der Waals surface area contributed by atoms with Crippen molar-refractivity contribution >= 4 is 11.3 Å². The molecule has 0 unspecified atom stereocenters. The quantitative estimate of drug-likeness (QED) is 0.792. The summed E-state index contributed by atoms with van der Waals surface area (Å²) in [6.45, 7) is 0. The maximum absolute atomic E-state index is 12.4. The molecule has 22 heavy (non-hydrogen) atoms. The van der Waals surface area contributed by atoms with E-state index in [1.807, 2.05) is 0 Å². The Bertz CT molecular complexity index is 872. The Kier molecular flexibility index (Phi) is 3.28. The highest BCUT2D eigenvalue weighted by Crippen LogP contribution is 2.27. The van der Waals surface area contributed by atoms with Crippen molar-refractivity contribution in [1.29, 1.82) is 0 Å². The van der Waals surface area contributed by atoms with Gasteiger partial charge in [-0.25, -0.2) is 9.61 Å². The fourth-order valence-electron chi connectivity index (χ4n) is 1.87. The van der Waals surface area contributed by atoms with Crippen LogP contribution >= 0.6 is 0 Å². The van der Waals surface area contributed by atoms with Crippen LogP contribution in [0.4, 0.5) is 13.2 Å². The highest BCUT2D eigenvalue weighted by molar-refractivity contribution is 5.62. The number of aromatic nitrogens is 4. The molecule has 0 bridgehead atoms. The van der Waals surface area contributed by atoms with Gasteiger partial charge in [-0.05, 0) is 16.4 Å². The molecule has 10 heteroatoms. The number of ether oxygens (including phenoxy) is 1. The number of alkyl halides is 3. The lowest BCUT2D eigenvalue weighted by Gasteiger charge is -2.12. The molecule has 1 aromatic carbocycles. The van der Waals surface area contributed by atoms with Crippen LogP contribution in [-0.2, 0) is 6.42 Å². The number of para-hydroxylation sites is 1. The third-order valence-corrected chi connectivity index (χ3v) is 2.76. The fraction of sp³-hybridized carbons (Fsp3) is 0.167. The Balaban J connectivity index is 1.98. The average Bonchev–Trinajstić information content (AvgIpc) is 2.86. The summed E-state index contributed by atoms with van der Waals surface area (Å²) in [4.78, 5) is 18.1. The molecule has 7 nitrogen and oxygen atoms in total. The van der Waals surface area contributed by atoms with Gasteiger partial charge in [-0.1, -0.05) is 18.2 Å². The van der Waals surface area contributed by atoms with E-state index in [1.54, 1.807) is 0 Å². The summed E-state index contributed by atoms with van der Waals surface area (Å²) in [6.07, 6.45) is -4.99. The van der Waals surface area contributed by atoms with Gasteiger partial charge in [0, 0.05) is 12.0 Å². The van der Waals surface area contributed by atoms with Crippen LogP contribution in [0.3, 0.4) is 0 Å². The lowest BCUT2D eigenvalue weighted by molar-refractivity contribution is -0.274.